The Labute approximate surface area is 217 Å². The Bertz CT molecular complexity index is 1140. The maximum Gasteiger partial charge on any atom is 0.321 e. The first-order valence-electron chi connectivity index (χ1n) is 12.8. The first-order valence-corrected chi connectivity index (χ1v) is 12.8. The smallest absolute Gasteiger partial charge is 0.321 e. The summed E-state index contributed by atoms with van der Waals surface area (Å²) < 4.78 is 5.72. The highest BCUT2D eigenvalue weighted by Gasteiger charge is 2.33. The van der Waals surface area contributed by atoms with E-state index in [1.807, 2.05) is 28.0 Å². The predicted molar refractivity (Wildman–Crippen MR) is 139 cm³/mol. The van der Waals surface area contributed by atoms with E-state index in [2.05, 4.69) is 6.07 Å². The van der Waals surface area contributed by atoms with Gasteiger partial charge >= 0.3 is 6.03 Å². The molecule has 2 N–H and O–H groups in total. The molecule has 2 aromatic rings. The summed E-state index contributed by atoms with van der Waals surface area (Å²) in [6.07, 6.45) is 4.29. The molecule has 2 aliphatic rings. The van der Waals surface area contributed by atoms with Crippen LogP contribution in [0.2, 0.25) is 0 Å². The highest BCUT2D eigenvalue weighted by atomic mass is 16.5. The van der Waals surface area contributed by atoms with Gasteiger partial charge in [-0.1, -0.05) is 18.2 Å². The average molecular weight is 507 g/mol. The number of piperidine rings is 1. The number of imide groups is 1. The summed E-state index contributed by atoms with van der Waals surface area (Å²) in [6.45, 7) is 1.64. The summed E-state index contributed by atoms with van der Waals surface area (Å²) in [5.74, 6) is 0.487. The number of carbonyl (C=O) groups is 4. The Kier molecular flexibility index (Phi) is 8.43. The van der Waals surface area contributed by atoms with Crippen LogP contribution in [0.3, 0.4) is 0 Å². The van der Waals surface area contributed by atoms with Gasteiger partial charge in [0.05, 0.1) is 6.61 Å². The molecular weight excluding hydrogens is 472 g/mol. The van der Waals surface area contributed by atoms with Crippen molar-refractivity contribution in [3.63, 3.8) is 0 Å². The van der Waals surface area contributed by atoms with Crippen molar-refractivity contribution in [3.8, 4) is 5.75 Å². The number of hydrogen-bond donors (Lipinski definition) is 1. The minimum atomic E-state index is -0.761. The monoisotopic (exact) mass is 506 g/mol. The van der Waals surface area contributed by atoms with Crippen LogP contribution in [0.25, 0.3) is 0 Å². The molecule has 4 rings (SSSR count). The van der Waals surface area contributed by atoms with Gasteiger partial charge in [-0.3, -0.25) is 19.3 Å². The van der Waals surface area contributed by atoms with Crippen LogP contribution in [0.1, 0.15) is 54.4 Å². The van der Waals surface area contributed by atoms with Gasteiger partial charge in [0.25, 0.3) is 5.91 Å². The molecule has 1 saturated heterocycles. The third-order valence-corrected chi connectivity index (χ3v) is 7.10. The Morgan fingerprint density at radius 2 is 1.70 bits per heavy atom. The second-order valence-electron chi connectivity index (χ2n) is 9.54. The van der Waals surface area contributed by atoms with Gasteiger partial charge in [-0.15, -0.1) is 0 Å². The maximum absolute atomic E-state index is 13.1. The normalized spacial score (nSPS) is 15.8. The van der Waals surface area contributed by atoms with Gasteiger partial charge in [0.1, 0.15) is 5.75 Å². The van der Waals surface area contributed by atoms with Crippen molar-refractivity contribution in [2.45, 2.75) is 51.0 Å². The van der Waals surface area contributed by atoms with Gasteiger partial charge in [-0.25, -0.2) is 4.79 Å². The minimum Gasteiger partial charge on any atom is -0.494 e. The molecule has 5 amide bonds. The van der Waals surface area contributed by atoms with Crippen LogP contribution in [0.15, 0.2) is 48.5 Å². The molecule has 2 heterocycles. The van der Waals surface area contributed by atoms with E-state index in [0.717, 1.165) is 29.8 Å². The second kappa shape index (κ2) is 11.9. The SMILES string of the molecule is CN(C(N)=O)C(=O)CCCCOc1ccc(C(=O)N2CCC(N3C(=O)CCc4ccccc43)CC2)cc1. The number of ether oxygens (including phenoxy) is 1. The number of anilines is 1. The fourth-order valence-corrected chi connectivity index (χ4v) is 4.92. The molecule has 0 bridgehead atoms. The van der Waals surface area contributed by atoms with E-state index in [1.54, 1.807) is 24.3 Å². The Morgan fingerprint density at radius 3 is 2.41 bits per heavy atom. The number of urea groups is 1. The van der Waals surface area contributed by atoms with Crippen LogP contribution in [0.5, 0.6) is 5.75 Å². The molecule has 0 unspecified atom stereocenters. The van der Waals surface area contributed by atoms with Crippen molar-refractivity contribution in [3.05, 3.63) is 59.7 Å². The molecule has 0 aromatic heterocycles. The number of nitrogens with two attached hydrogens (primary N) is 1. The minimum absolute atomic E-state index is 0.0209. The number of fused-ring (bicyclic) bond motifs is 1. The molecule has 9 nitrogen and oxygen atoms in total. The van der Waals surface area contributed by atoms with Crippen LogP contribution in [0, 0.1) is 0 Å². The summed E-state index contributed by atoms with van der Waals surface area (Å²) in [5, 5.41) is 0. The number of carbonyl (C=O) groups excluding carboxylic acids is 4. The average Bonchev–Trinajstić information content (AvgIpc) is 2.92. The number of rotatable bonds is 8. The number of primary amides is 1. The molecule has 1 fully saturated rings. The Hall–Kier alpha value is -3.88. The third kappa shape index (κ3) is 6.28. The summed E-state index contributed by atoms with van der Waals surface area (Å²) in [7, 11) is 1.36. The number of hydrogen-bond acceptors (Lipinski definition) is 5. The van der Waals surface area contributed by atoms with Gasteiger partial charge in [-0.05, 0) is 68.0 Å². The third-order valence-electron chi connectivity index (χ3n) is 7.10. The molecule has 0 spiro atoms. The lowest BCUT2D eigenvalue weighted by Gasteiger charge is -2.41. The molecule has 0 saturated carbocycles. The molecule has 0 radical (unpaired) electrons. The van der Waals surface area contributed by atoms with Gasteiger partial charge < -0.3 is 20.3 Å². The highest BCUT2D eigenvalue weighted by molar-refractivity contribution is 5.97. The summed E-state index contributed by atoms with van der Waals surface area (Å²) in [5.41, 5.74) is 7.92. The quantitative estimate of drug-likeness (QED) is 0.552. The number of benzene rings is 2. The van der Waals surface area contributed by atoms with Crippen molar-refractivity contribution in [2.75, 3.05) is 31.6 Å². The topological polar surface area (TPSA) is 113 Å². The summed E-state index contributed by atoms with van der Waals surface area (Å²) in [4.78, 5) is 53.2. The lowest BCUT2D eigenvalue weighted by atomic mass is 9.95. The van der Waals surface area contributed by atoms with Crippen LogP contribution in [0.4, 0.5) is 10.5 Å². The van der Waals surface area contributed by atoms with E-state index < -0.39 is 6.03 Å². The molecule has 0 aliphatic carbocycles. The van der Waals surface area contributed by atoms with Crippen molar-refractivity contribution in [1.29, 1.82) is 0 Å². The fraction of sp³-hybridized carbons (Fsp3) is 0.429. The van der Waals surface area contributed by atoms with E-state index in [-0.39, 0.29) is 30.2 Å². The van der Waals surface area contributed by atoms with Crippen molar-refractivity contribution in [1.82, 2.24) is 9.80 Å². The van der Waals surface area contributed by atoms with Gasteiger partial charge in [-0.2, -0.15) is 0 Å². The largest absolute Gasteiger partial charge is 0.494 e. The Morgan fingerprint density at radius 1 is 1.00 bits per heavy atom. The zero-order chi connectivity index (χ0) is 26.4. The van der Waals surface area contributed by atoms with Gasteiger partial charge in [0.2, 0.25) is 11.8 Å². The van der Waals surface area contributed by atoms with E-state index in [1.165, 1.54) is 12.6 Å². The Balaban J connectivity index is 1.23. The lowest BCUT2D eigenvalue weighted by Crippen LogP contribution is -2.50. The number of amides is 5. The fourth-order valence-electron chi connectivity index (χ4n) is 4.92. The van der Waals surface area contributed by atoms with Crippen LogP contribution >= 0.6 is 0 Å². The maximum atomic E-state index is 13.1. The van der Waals surface area contributed by atoms with Crippen molar-refractivity contribution >= 4 is 29.4 Å². The lowest BCUT2D eigenvalue weighted by molar-refractivity contribution is -0.127. The summed E-state index contributed by atoms with van der Waals surface area (Å²) >= 11 is 0. The van der Waals surface area contributed by atoms with E-state index in [0.29, 0.717) is 50.3 Å². The molecular formula is C28H34N4O5. The molecule has 9 heteroatoms. The van der Waals surface area contributed by atoms with Crippen LogP contribution < -0.4 is 15.4 Å². The van der Waals surface area contributed by atoms with Crippen LogP contribution in [-0.4, -0.2) is 66.3 Å². The number of likely N-dealkylation sites (tertiary alicyclic amines) is 1. The predicted octanol–water partition coefficient (Wildman–Crippen LogP) is 3.36. The molecule has 2 aromatic carbocycles. The number of unbranched alkanes of at least 4 members (excludes halogenated alkanes) is 1. The highest BCUT2D eigenvalue weighted by Crippen LogP contribution is 2.32. The number of nitrogens with zero attached hydrogens (tertiary/aromatic N) is 3. The van der Waals surface area contributed by atoms with E-state index in [4.69, 9.17) is 10.5 Å². The number of aryl methyl sites for hydroxylation is 1. The van der Waals surface area contributed by atoms with E-state index in [9.17, 15) is 19.2 Å². The van der Waals surface area contributed by atoms with Gasteiger partial charge in [0.15, 0.2) is 0 Å². The van der Waals surface area contributed by atoms with Crippen molar-refractivity contribution in [2.24, 2.45) is 5.73 Å². The molecule has 0 atom stereocenters. The van der Waals surface area contributed by atoms with Crippen molar-refractivity contribution < 1.29 is 23.9 Å². The second-order valence-corrected chi connectivity index (χ2v) is 9.54. The molecule has 196 valence electrons. The standard InChI is InChI=1S/C28H34N4O5/c1-30(28(29)36)25(33)8-4-5-19-37-23-12-9-21(10-13-23)27(35)31-17-15-22(16-18-31)32-24-7-3-2-6-20(24)11-14-26(32)34/h2-3,6-7,9-10,12-13,22H,4-5,8,11,14-19H2,1H3,(H2,29,36). The zero-order valence-electron chi connectivity index (χ0n) is 21.2. The molecule has 2 aliphatic heterocycles. The first-order chi connectivity index (χ1) is 17.8. The van der Waals surface area contributed by atoms with E-state index >= 15 is 0 Å². The summed E-state index contributed by atoms with van der Waals surface area (Å²) in [6, 6.07) is 14.5. The number of para-hydroxylation sites is 1. The first kappa shape index (κ1) is 26.2. The van der Waals surface area contributed by atoms with Gasteiger partial charge in [0, 0.05) is 50.3 Å². The zero-order valence-corrected chi connectivity index (χ0v) is 21.2. The van der Waals surface area contributed by atoms with Crippen LogP contribution in [-0.2, 0) is 16.0 Å². The molecule has 37 heavy (non-hydrogen) atoms.